The molecule has 0 saturated carbocycles. The van der Waals surface area contributed by atoms with Crippen LogP contribution >= 0.6 is 11.6 Å². The Bertz CT molecular complexity index is 514. The topological polar surface area (TPSA) is 72.9 Å². The summed E-state index contributed by atoms with van der Waals surface area (Å²) in [6, 6.07) is 6.64. The van der Waals surface area contributed by atoms with Gasteiger partial charge in [0.25, 0.3) is 5.91 Å². The van der Waals surface area contributed by atoms with Gasteiger partial charge < -0.3 is 14.4 Å². The van der Waals surface area contributed by atoms with Crippen LogP contribution in [-0.2, 0) is 24.9 Å². The standard InChI is InChI=1S/C14H16ClNO5/c1-20-12(17)8-16(9-13(18)21-2)14(19)11-5-3-4-10(6-11)7-15/h3-6H,7-9H2,1-2H3. The van der Waals surface area contributed by atoms with Gasteiger partial charge in [-0.25, -0.2) is 0 Å². The molecule has 1 aromatic rings. The van der Waals surface area contributed by atoms with Gasteiger partial charge in [-0.2, -0.15) is 0 Å². The molecule has 0 aliphatic rings. The molecule has 0 aliphatic heterocycles. The first-order chi connectivity index (χ1) is 10.0. The summed E-state index contributed by atoms with van der Waals surface area (Å²) in [6.45, 7) is -0.676. The number of hydrogen-bond donors (Lipinski definition) is 0. The second kappa shape index (κ2) is 8.26. The molecule has 0 unspecified atom stereocenters. The molecular formula is C14H16ClNO5. The maximum absolute atomic E-state index is 12.4. The first-order valence-corrected chi connectivity index (χ1v) is 6.63. The summed E-state index contributed by atoms with van der Waals surface area (Å²) in [5, 5.41) is 0. The van der Waals surface area contributed by atoms with E-state index >= 15 is 0 Å². The van der Waals surface area contributed by atoms with Gasteiger partial charge in [0.15, 0.2) is 0 Å². The van der Waals surface area contributed by atoms with Gasteiger partial charge in [-0.05, 0) is 17.7 Å². The van der Waals surface area contributed by atoms with Crippen LogP contribution in [0.5, 0.6) is 0 Å². The zero-order valence-electron chi connectivity index (χ0n) is 11.8. The van der Waals surface area contributed by atoms with Crippen molar-refractivity contribution in [2.24, 2.45) is 0 Å². The van der Waals surface area contributed by atoms with E-state index in [9.17, 15) is 14.4 Å². The predicted octanol–water partition coefficient (Wildman–Crippen LogP) is 1.21. The number of amides is 1. The van der Waals surface area contributed by atoms with Crippen molar-refractivity contribution in [3.8, 4) is 0 Å². The van der Waals surface area contributed by atoms with E-state index < -0.39 is 17.8 Å². The number of halogens is 1. The highest BCUT2D eigenvalue weighted by Crippen LogP contribution is 2.11. The van der Waals surface area contributed by atoms with E-state index in [0.717, 1.165) is 10.5 Å². The van der Waals surface area contributed by atoms with Crippen LogP contribution in [0.1, 0.15) is 15.9 Å². The molecule has 1 rings (SSSR count). The summed E-state index contributed by atoms with van der Waals surface area (Å²) in [5.41, 5.74) is 1.10. The van der Waals surface area contributed by atoms with Crippen molar-refractivity contribution in [3.05, 3.63) is 35.4 Å². The highest BCUT2D eigenvalue weighted by Gasteiger charge is 2.22. The van der Waals surface area contributed by atoms with Gasteiger partial charge in [0.05, 0.1) is 14.2 Å². The minimum atomic E-state index is -0.624. The Labute approximate surface area is 127 Å². The number of methoxy groups -OCH3 is 2. The molecule has 21 heavy (non-hydrogen) atoms. The Hall–Kier alpha value is -2.08. The molecule has 114 valence electrons. The van der Waals surface area contributed by atoms with Gasteiger partial charge in [0.2, 0.25) is 0 Å². The molecule has 0 N–H and O–H groups in total. The molecular weight excluding hydrogens is 298 g/mol. The largest absolute Gasteiger partial charge is 0.468 e. The molecule has 0 saturated heterocycles. The molecule has 6 nitrogen and oxygen atoms in total. The number of carbonyl (C=O) groups is 3. The number of rotatable bonds is 6. The number of alkyl halides is 1. The van der Waals surface area contributed by atoms with E-state index in [1.165, 1.54) is 14.2 Å². The van der Waals surface area contributed by atoms with Crippen LogP contribution in [0.3, 0.4) is 0 Å². The maximum atomic E-state index is 12.4. The average molecular weight is 314 g/mol. The van der Waals surface area contributed by atoms with E-state index in [0.29, 0.717) is 5.56 Å². The smallest absolute Gasteiger partial charge is 0.325 e. The van der Waals surface area contributed by atoms with Gasteiger partial charge in [-0.3, -0.25) is 14.4 Å². The predicted molar refractivity (Wildman–Crippen MR) is 75.9 cm³/mol. The summed E-state index contributed by atoms with van der Waals surface area (Å²) in [6.07, 6.45) is 0. The van der Waals surface area contributed by atoms with Crippen LogP contribution in [0.2, 0.25) is 0 Å². The first-order valence-electron chi connectivity index (χ1n) is 6.09. The first kappa shape index (κ1) is 17.0. The average Bonchev–Trinajstić information content (AvgIpc) is 2.53. The number of carbonyl (C=O) groups excluding carboxylic acids is 3. The zero-order chi connectivity index (χ0) is 15.8. The molecule has 0 atom stereocenters. The van der Waals surface area contributed by atoms with Crippen LogP contribution in [0.25, 0.3) is 0 Å². The van der Waals surface area contributed by atoms with Crippen molar-refractivity contribution in [3.63, 3.8) is 0 Å². The van der Waals surface area contributed by atoms with Crippen molar-refractivity contribution in [1.29, 1.82) is 0 Å². The normalized spacial score (nSPS) is 9.86. The van der Waals surface area contributed by atoms with Crippen molar-refractivity contribution < 1.29 is 23.9 Å². The molecule has 0 spiro atoms. The lowest BCUT2D eigenvalue weighted by atomic mass is 10.1. The Kier molecular flexibility index (Phi) is 6.68. The van der Waals surface area contributed by atoms with E-state index in [1.807, 2.05) is 0 Å². The summed E-state index contributed by atoms with van der Waals surface area (Å²) in [7, 11) is 2.41. The minimum Gasteiger partial charge on any atom is -0.468 e. The number of esters is 2. The molecule has 0 aliphatic carbocycles. The zero-order valence-corrected chi connectivity index (χ0v) is 12.6. The van der Waals surface area contributed by atoms with Gasteiger partial charge in [-0.1, -0.05) is 12.1 Å². The SMILES string of the molecule is COC(=O)CN(CC(=O)OC)C(=O)c1cccc(CCl)c1. The third kappa shape index (κ3) is 5.07. The van der Waals surface area contributed by atoms with E-state index in [2.05, 4.69) is 9.47 Å². The molecule has 0 fully saturated rings. The third-order valence-electron chi connectivity index (χ3n) is 2.71. The summed E-state index contributed by atoms with van der Waals surface area (Å²) in [5.74, 6) is -1.46. The molecule has 0 radical (unpaired) electrons. The second-order valence-electron chi connectivity index (χ2n) is 4.15. The highest BCUT2D eigenvalue weighted by atomic mass is 35.5. The fraction of sp³-hybridized carbons (Fsp3) is 0.357. The Morgan fingerprint density at radius 3 is 2.14 bits per heavy atom. The summed E-state index contributed by atoms with van der Waals surface area (Å²) in [4.78, 5) is 36.2. The monoisotopic (exact) mass is 313 g/mol. The van der Waals surface area contributed by atoms with Crippen molar-refractivity contribution in [2.75, 3.05) is 27.3 Å². The quantitative estimate of drug-likeness (QED) is 0.583. The number of ether oxygens (including phenoxy) is 2. The molecule has 0 heterocycles. The second-order valence-corrected chi connectivity index (χ2v) is 4.41. The molecule has 1 amide bonds. The van der Waals surface area contributed by atoms with Crippen molar-refractivity contribution in [2.45, 2.75) is 5.88 Å². The van der Waals surface area contributed by atoms with Gasteiger partial charge in [0.1, 0.15) is 13.1 Å². The molecule has 0 aromatic heterocycles. The van der Waals surface area contributed by atoms with E-state index in [4.69, 9.17) is 11.6 Å². The van der Waals surface area contributed by atoms with Gasteiger partial charge in [0, 0.05) is 11.4 Å². The summed E-state index contributed by atoms with van der Waals surface area (Å²) < 4.78 is 9.04. The van der Waals surface area contributed by atoms with Crippen molar-refractivity contribution >= 4 is 29.4 Å². The van der Waals surface area contributed by atoms with Gasteiger partial charge >= 0.3 is 11.9 Å². The fourth-order valence-corrected chi connectivity index (χ4v) is 1.78. The Morgan fingerprint density at radius 1 is 1.10 bits per heavy atom. The van der Waals surface area contributed by atoms with Crippen molar-refractivity contribution in [1.82, 2.24) is 4.90 Å². The molecule has 7 heteroatoms. The van der Waals surface area contributed by atoms with Crippen LogP contribution in [-0.4, -0.2) is 50.1 Å². The minimum absolute atomic E-state index is 0.259. The fourth-order valence-electron chi connectivity index (χ4n) is 1.61. The number of nitrogens with zero attached hydrogens (tertiary/aromatic N) is 1. The van der Waals surface area contributed by atoms with Crippen LogP contribution in [0, 0.1) is 0 Å². The van der Waals surface area contributed by atoms with E-state index in [-0.39, 0.29) is 19.0 Å². The lowest BCUT2D eigenvalue weighted by Crippen LogP contribution is -2.40. The van der Waals surface area contributed by atoms with Crippen LogP contribution in [0.15, 0.2) is 24.3 Å². The van der Waals surface area contributed by atoms with Crippen LogP contribution in [0.4, 0.5) is 0 Å². The molecule has 0 bridgehead atoms. The van der Waals surface area contributed by atoms with E-state index in [1.54, 1.807) is 24.3 Å². The number of benzene rings is 1. The Morgan fingerprint density at radius 2 is 1.67 bits per heavy atom. The van der Waals surface area contributed by atoms with Gasteiger partial charge in [-0.15, -0.1) is 11.6 Å². The highest BCUT2D eigenvalue weighted by molar-refractivity contribution is 6.17. The summed E-state index contributed by atoms with van der Waals surface area (Å²) >= 11 is 5.72. The number of hydrogen-bond acceptors (Lipinski definition) is 5. The Balaban J connectivity index is 2.96. The van der Waals surface area contributed by atoms with Crippen LogP contribution < -0.4 is 0 Å². The lowest BCUT2D eigenvalue weighted by Gasteiger charge is -2.20. The lowest BCUT2D eigenvalue weighted by molar-refractivity contribution is -0.144. The molecule has 1 aromatic carbocycles. The third-order valence-corrected chi connectivity index (χ3v) is 3.02. The maximum Gasteiger partial charge on any atom is 0.325 e.